The molecule has 3 rings (SSSR count). The smallest absolute Gasteiger partial charge is 0.238 e. The molecule has 132 valence electrons. The van der Waals surface area contributed by atoms with Crippen molar-refractivity contribution in [2.24, 2.45) is 0 Å². The van der Waals surface area contributed by atoms with E-state index in [1.165, 1.54) is 23.4 Å². The number of nitrogens with one attached hydrogen (secondary N) is 1. The highest BCUT2D eigenvalue weighted by atomic mass is 35.5. The van der Waals surface area contributed by atoms with E-state index in [9.17, 15) is 9.18 Å². The Hall–Kier alpha value is -2.11. The van der Waals surface area contributed by atoms with Crippen LogP contribution in [0.3, 0.4) is 0 Å². The summed E-state index contributed by atoms with van der Waals surface area (Å²) in [6.07, 6.45) is 0. The Morgan fingerprint density at radius 3 is 2.56 bits per heavy atom. The summed E-state index contributed by atoms with van der Waals surface area (Å²) in [6.45, 7) is 5.69. The molecule has 2 aromatic carbocycles. The second kappa shape index (κ2) is 7.85. The number of hydrogen-bond donors (Lipinski definition) is 1. The Bertz CT molecular complexity index is 760. The summed E-state index contributed by atoms with van der Waals surface area (Å²) in [6, 6.07) is 12.5. The molecule has 25 heavy (non-hydrogen) atoms. The van der Waals surface area contributed by atoms with Gasteiger partial charge in [-0.25, -0.2) is 4.39 Å². The van der Waals surface area contributed by atoms with Gasteiger partial charge in [0, 0.05) is 36.9 Å². The topological polar surface area (TPSA) is 35.6 Å². The summed E-state index contributed by atoms with van der Waals surface area (Å²) in [4.78, 5) is 16.6. The number of amides is 1. The van der Waals surface area contributed by atoms with Crippen molar-refractivity contribution >= 4 is 28.9 Å². The fourth-order valence-corrected chi connectivity index (χ4v) is 3.21. The van der Waals surface area contributed by atoms with Crippen LogP contribution in [0.1, 0.15) is 5.56 Å². The minimum atomic E-state index is -0.523. The zero-order chi connectivity index (χ0) is 17.8. The molecule has 0 radical (unpaired) electrons. The molecule has 0 saturated carbocycles. The van der Waals surface area contributed by atoms with Crippen molar-refractivity contribution in [3.8, 4) is 0 Å². The molecular formula is C19H21ClFN3O. The van der Waals surface area contributed by atoms with E-state index in [1.807, 2.05) is 12.1 Å². The minimum absolute atomic E-state index is 0.160. The van der Waals surface area contributed by atoms with Gasteiger partial charge >= 0.3 is 0 Å². The first kappa shape index (κ1) is 17.7. The lowest BCUT2D eigenvalue weighted by Crippen LogP contribution is -2.48. The number of aryl methyl sites for hydroxylation is 1. The van der Waals surface area contributed by atoms with Gasteiger partial charge in [0.1, 0.15) is 5.82 Å². The molecule has 1 fully saturated rings. The van der Waals surface area contributed by atoms with Crippen LogP contribution in [0.15, 0.2) is 42.5 Å². The largest absolute Gasteiger partial charge is 0.369 e. The fraction of sp³-hybridized carbons (Fsp3) is 0.316. The van der Waals surface area contributed by atoms with Crippen LogP contribution in [0.4, 0.5) is 15.8 Å². The molecular weight excluding hydrogens is 341 g/mol. The van der Waals surface area contributed by atoms with E-state index in [-0.39, 0.29) is 18.1 Å². The summed E-state index contributed by atoms with van der Waals surface area (Å²) in [7, 11) is 0. The predicted octanol–water partition coefficient (Wildman–Crippen LogP) is 3.55. The van der Waals surface area contributed by atoms with Crippen LogP contribution in [-0.4, -0.2) is 43.5 Å². The number of para-hydroxylation sites is 1. The second-order valence-corrected chi connectivity index (χ2v) is 6.66. The van der Waals surface area contributed by atoms with E-state index in [1.54, 1.807) is 6.07 Å². The second-order valence-electron chi connectivity index (χ2n) is 6.22. The Morgan fingerprint density at radius 1 is 1.16 bits per heavy atom. The monoisotopic (exact) mass is 361 g/mol. The quantitative estimate of drug-likeness (QED) is 0.904. The predicted molar refractivity (Wildman–Crippen MR) is 99.9 cm³/mol. The van der Waals surface area contributed by atoms with Gasteiger partial charge in [-0.1, -0.05) is 29.8 Å². The number of benzene rings is 2. The van der Waals surface area contributed by atoms with Crippen molar-refractivity contribution in [2.45, 2.75) is 6.92 Å². The average Bonchev–Trinajstić information content (AvgIpc) is 2.59. The maximum atomic E-state index is 13.7. The molecule has 0 spiro atoms. The number of hydrogen-bond acceptors (Lipinski definition) is 3. The van der Waals surface area contributed by atoms with Gasteiger partial charge in [0.2, 0.25) is 5.91 Å². The van der Waals surface area contributed by atoms with Gasteiger partial charge in [-0.05, 0) is 36.8 Å². The molecule has 2 aromatic rings. The number of carbonyl (C=O) groups excluding carboxylic acids is 1. The van der Waals surface area contributed by atoms with Gasteiger partial charge in [-0.3, -0.25) is 9.69 Å². The lowest BCUT2D eigenvalue weighted by molar-refractivity contribution is -0.117. The van der Waals surface area contributed by atoms with Crippen molar-refractivity contribution in [1.29, 1.82) is 0 Å². The fourth-order valence-electron chi connectivity index (χ4n) is 3.05. The van der Waals surface area contributed by atoms with Gasteiger partial charge in [0.05, 0.1) is 12.2 Å². The summed E-state index contributed by atoms with van der Waals surface area (Å²) in [5.74, 6) is -0.740. The molecule has 1 aliphatic rings. The standard InChI is InChI=1S/C19H21ClFN3O/c1-14-4-2-3-5-18(14)24-10-8-23(9-11-24)13-19(25)22-17-7-6-15(20)12-16(17)21/h2-7,12H,8-11,13H2,1H3,(H,22,25). The van der Waals surface area contributed by atoms with Gasteiger partial charge in [0.15, 0.2) is 0 Å². The van der Waals surface area contributed by atoms with Crippen LogP contribution in [0, 0.1) is 12.7 Å². The highest BCUT2D eigenvalue weighted by Crippen LogP contribution is 2.21. The molecule has 1 N–H and O–H groups in total. The Labute approximate surface area is 152 Å². The SMILES string of the molecule is Cc1ccccc1N1CCN(CC(=O)Nc2ccc(Cl)cc2F)CC1. The first-order valence-corrected chi connectivity index (χ1v) is 8.68. The van der Waals surface area contributed by atoms with E-state index in [0.29, 0.717) is 5.02 Å². The molecule has 4 nitrogen and oxygen atoms in total. The van der Waals surface area contributed by atoms with Gasteiger partial charge in [-0.2, -0.15) is 0 Å². The molecule has 1 amide bonds. The highest BCUT2D eigenvalue weighted by molar-refractivity contribution is 6.30. The molecule has 0 aliphatic carbocycles. The summed E-state index contributed by atoms with van der Waals surface area (Å²) in [5.41, 5.74) is 2.66. The van der Waals surface area contributed by atoms with Crippen molar-refractivity contribution in [3.63, 3.8) is 0 Å². The van der Waals surface area contributed by atoms with Crippen LogP contribution in [0.25, 0.3) is 0 Å². The summed E-state index contributed by atoms with van der Waals surface area (Å²) >= 11 is 5.72. The van der Waals surface area contributed by atoms with Crippen LogP contribution in [0.5, 0.6) is 0 Å². The lowest BCUT2D eigenvalue weighted by Gasteiger charge is -2.36. The third-order valence-corrected chi connectivity index (χ3v) is 4.64. The van der Waals surface area contributed by atoms with Crippen molar-refractivity contribution in [3.05, 3.63) is 58.9 Å². The molecule has 0 aromatic heterocycles. The molecule has 6 heteroatoms. The summed E-state index contributed by atoms with van der Waals surface area (Å²) in [5, 5.41) is 2.92. The Balaban J connectivity index is 1.52. The van der Waals surface area contributed by atoms with E-state index in [0.717, 1.165) is 26.2 Å². The molecule has 1 heterocycles. The van der Waals surface area contributed by atoms with Gasteiger partial charge in [0.25, 0.3) is 0 Å². The van der Waals surface area contributed by atoms with Crippen LogP contribution >= 0.6 is 11.6 Å². The lowest BCUT2D eigenvalue weighted by atomic mass is 10.1. The first-order valence-electron chi connectivity index (χ1n) is 8.31. The number of carbonyl (C=O) groups is 1. The zero-order valence-corrected chi connectivity index (χ0v) is 14.9. The Morgan fingerprint density at radius 2 is 1.88 bits per heavy atom. The molecule has 0 atom stereocenters. The van der Waals surface area contributed by atoms with Gasteiger partial charge < -0.3 is 10.2 Å². The van der Waals surface area contributed by atoms with Gasteiger partial charge in [-0.15, -0.1) is 0 Å². The third kappa shape index (κ3) is 4.50. The van der Waals surface area contributed by atoms with E-state index < -0.39 is 5.82 Å². The van der Waals surface area contributed by atoms with Crippen molar-refractivity contribution < 1.29 is 9.18 Å². The average molecular weight is 362 g/mol. The summed E-state index contributed by atoms with van der Waals surface area (Å²) < 4.78 is 13.7. The van der Waals surface area contributed by atoms with E-state index >= 15 is 0 Å². The molecule has 0 unspecified atom stereocenters. The normalized spacial score (nSPS) is 15.2. The van der Waals surface area contributed by atoms with Crippen LogP contribution < -0.4 is 10.2 Å². The molecule has 1 saturated heterocycles. The molecule has 0 bridgehead atoms. The minimum Gasteiger partial charge on any atom is -0.369 e. The van der Waals surface area contributed by atoms with Crippen molar-refractivity contribution in [2.75, 3.05) is 42.9 Å². The molecule has 1 aliphatic heterocycles. The maximum Gasteiger partial charge on any atom is 0.238 e. The van der Waals surface area contributed by atoms with Crippen LogP contribution in [-0.2, 0) is 4.79 Å². The zero-order valence-electron chi connectivity index (χ0n) is 14.1. The highest BCUT2D eigenvalue weighted by Gasteiger charge is 2.20. The van der Waals surface area contributed by atoms with E-state index in [4.69, 9.17) is 11.6 Å². The van der Waals surface area contributed by atoms with E-state index in [2.05, 4.69) is 34.2 Å². The maximum absolute atomic E-state index is 13.7. The number of piperazine rings is 1. The number of halogens is 2. The number of anilines is 2. The van der Waals surface area contributed by atoms with Crippen molar-refractivity contribution in [1.82, 2.24) is 4.90 Å². The van der Waals surface area contributed by atoms with Crippen LogP contribution in [0.2, 0.25) is 5.02 Å². The number of rotatable bonds is 4. The Kier molecular flexibility index (Phi) is 5.56. The first-order chi connectivity index (χ1) is 12.0. The number of nitrogens with zero attached hydrogens (tertiary/aromatic N) is 2. The third-order valence-electron chi connectivity index (χ3n) is 4.40.